The van der Waals surface area contributed by atoms with Gasteiger partial charge in [0.25, 0.3) is 0 Å². The molecule has 6 nitrogen and oxygen atoms in total. The number of amides is 1. The number of hydrogen-bond donors (Lipinski definition) is 1. The van der Waals surface area contributed by atoms with Gasteiger partial charge < -0.3 is 10.0 Å². The number of aliphatic carboxylic acids is 1. The van der Waals surface area contributed by atoms with Gasteiger partial charge in [0.1, 0.15) is 6.54 Å². The number of aromatic nitrogens is 2. The van der Waals surface area contributed by atoms with E-state index in [1.807, 2.05) is 19.9 Å². The number of hydrogen-bond acceptors (Lipinski definition) is 5. The molecule has 7 heteroatoms. The van der Waals surface area contributed by atoms with Crippen LogP contribution in [-0.2, 0) is 9.59 Å². The van der Waals surface area contributed by atoms with Gasteiger partial charge in [-0.2, -0.15) is 0 Å². The maximum Gasteiger partial charge on any atom is 0.323 e. The predicted octanol–water partition coefficient (Wildman–Crippen LogP) is 0.729. The van der Waals surface area contributed by atoms with E-state index in [0.29, 0.717) is 5.16 Å². The van der Waals surface area contributed by atoms with Crippen molar-refractivity contribution < 1.29 is 14.7 Å². The zero-order valence-electron chi connectivity index (χ0n) is 10.5. The molecule has 0 unspecified atom stereocenters. The number of carboxylic acids is 1. The number of carbonyl (C=O) groups is 2. The fourth-order valence-electron chi connectivity index (χ4n) is 1.29. The lowest BCUT2D eigenvalue weighted by Gasteiger charge is -2.13. The molecule has 0 aliphatic carbocycles. The van der Waals surface area contributed by atoms with Gasteiger partial charge in [-0.3, -0.25) is 9.59 Å². The van der Waals surface area contributed by atoms with Gasteiger partial charge in [-0.25, -0.2) is 9.97 Å². The molecule has 0 saturated carbocycles. The van der Waals surface area contributed by atoms with Gasteiger partial charge in [0.2, 0.25) is 5.91 Å². The van der Waals surface area contributed by atoms with Crippen LogP contribution in [0.15, 0.2) is 11.2 Å². The van der Waals surface area contributed by atoms with Crippen molar-refractivity contribution >= 4 is 23.6 Å². The Morgan fingerprint density at radius 2 is 1.89 bits per heavy atom. The van der Waals surface area contributed by atoms with E-state index in [1.165, 1.54) is 18.8 Å². The third-order valence-electron chi connectivity index (χ3n) is 2.08. The highest BCUT2D eigenvalue weighted by atomic mass is 32.2. The second-order valence-corrected chi connectivity index (χ2v) is 4.81. The van der Waals surface area contributed by atoms with E-state index in [0.717, 1.165) is 16.3 Å². The number of nitrogens with zero attached hydrogens (tertiary/aromatic N) is 3. The monoisotopic (exact) mass is 269 g/mol. The topological polar surface area (TPSA) is 83.4 Å². The number of carboxylic acid groups (broad SMARTS) is 1. The minimum atomic E-state index is -1.03. The molecule has 0 aliphatic heterocycles. The maximum absolute atomic E-state index is 11.6. The summed E-state index contributed by atoms with van der Waals surface area (Å²) in [6, 6.07) is 1.85. The Morgan fingerprint density at radius 1 is 1.33 bits per heavy atom. The van der Waals surface area contributed by atoms with Crippen LogP contribution in [0.5, 0.6) is 0 Å². The summed E-state index contributed by atoms with van der Waals surface area (Å²) in [6.45, 7) is 3.42. The Kier molecular flexibility index (Phi) is 5.08. The third kappa shape index (κ3) is 4.70. The average molecular weight is 269 g/mol. The van der Waals surface area contributed by atoms with Crippen LogP contribution < -0.4 is 0 Å². The summed E-state index contributed by atoms with van der Waals surface area (Å²) in [5, 5.41) is 9.10. The molecule has 0 aliphatic rings. The molecule has 0 radical (unpaired) electrons. The fraction of sp³-hybridized carbons (Fsp3) is 0.455. The molecule has 0 fully saturated rings. The van der Waals surface area contributed by atoms with Crippen LogP contribution in [-0.4, -0.2) is 51.2 Å². The summed E-state index contributed by atoms with van der Waals surface area (Å²) in [5.41, 5.74) is 1.69. The van der Waals surface area contributed by atoms with Crippen molar-refractivity contribution in [3.8, 4) is 0 Å². The number of carbonyl (C=O) groups excluding carboxylic acids is 1. The Balaban J connectivity index is 2.54. The fourth-order valence-corrected chi connectivity index (χ4v) is 2.18. The Labute approximate surface area is 109 Å². The molecule has 0 spiro atoms. The van der Waals surface area contributed by atoms with E-state index >= 15 is 0 Å². The minimum absolute atomic E-state index is 0.132. The van der Waals surface area contributed by atoms with E-state index in [-0.39, 0.29) is 18.2 Å². The van der Waals surface area contributed by atoms with Gasteiger partial charge in [0, 0.05) is 18.4 Å². The quantitative estimate of drug-likeness (QED) is 0.626. The lowest BCUT2D eigenvalue weighted by atomic mass is 10.4. The van der Waals surface area contributed by atoms with Crippen LogP contribution in [0.4, 0.5) is 0 Å². The first kappa shape index (κ1) is 14.4. The third-order valence-corrected chi connectivity index (χ3v) is 2.92. The first-order valence-electron chi connectivity index (χ1n) is 5.29. The predicted molar refractivity (Wildman–Crippen MR) is 67.5 cm³/mol. The lowest BCUT2D eigenvalue weighted by molar-refractivity contribution is -0.142. The van der Waals surface area contributed by atoms with Crippen molar-refractivity contribution in [2.45, 2.75) is 19.0 Å². The summed E-state index contributed by atoms with van der Waals surface area (Å²) >= 11 is 1.21. The van der Waals surface area contributed by atoms with E-state index in [1.54, 1.807) is 0 Å². The number of rotatable bonds is 5. The van der Waals surface area contributed by atoms with Crippen LogP contribution in [0.3, 0.4) is 0 Å². The molecular formula is C11H15N3O3S. The summed E-state index contributed by atoms with van der Waals surface area (Å²) in [5.74, 6) is -1.16. The summed E-state index contributed by atoms with van der Waals surface area (Å²) in [6.07, 6.45) is 0. The number of thioether (sulfide) groups is 1. The van der Waals surface area contributed by atoms with Crippen LogP contribution in [0.1, 0.15) is 11.4 Å². The highest BCUT2D eigenvalue weighted by Gasteiger charge is 2.13. The average Bonchev–Trinajstić information content (AvgIpc) is 2.23. The first-order valence-corrected chi connectivity index (χ1v) is 6.28. The molecule has 1 rings (SSSR count). The van der Waals surface area contributed by atoms with Crippen molar-refractivity contribution in [3.05, 3.63) is 17.5 Å². The number of aryl methyl sites for hydroxylation is 2. The maximum atomic E-state index is 11.6. The van der Waals surface area contributed by atoms with Gasteiger partial charge >= 0.3 is 5.97 Å². The lowest BCUT2D eigenvalue weighted by Crippen LogP contribution is -2.33. The summed E-state index contributed by atoms with van der Waals surface area (Å²) in [7, 11) is 1.46. The van der Waals surface area contributed by atoms with Gasteiger partial charge in [0.15, 0.2) is 5.16 Å². The van der Waals surface area contributed by atoms with Crippen LogP contribution in [0, 0.1) is 13.8 Å². The smallest absolute Gasteiger partial charge is 0.323 e. The molecule has 1 N–H and O–H groups in total. The zero-order valence-corrected chi connectivity index (χ0v) is 11.3. The van der Waals surface area contributed by atoms with Gasteiger partial charge in [-0.1, -0.05) is 11.8 Å². The van der Waals surface area contributed by atoms with Gasteiger partial charge in [-0.05, 0) is 19.9 Å². The molecule has 98 valence electrons. The summed E-state index contributed by atoms with van der Waals surface area (Å²) < 4.78 is 0. The molecule has 1 amide bonds. The SMILES string of the molecule is Cc1cc(C)nc(SCC(=O)N(C)CC(=O)O)n1. The normalized spacial score (nSPS) is 10.2. The van der Waals surface area contributed by atoms with Gasteiger partial charge in [-0.15, -0.1) is 0 Å². The molecule has 1 aromatic heterocycles. The van der Waals surface area contributed by atoms with Gasteiger partial charge in [0.05, 0.1) is 5.75 Å². The highest BCUT2D eigenvalue weighted by molar-refractivity contribution is 7.99. The Bertz CT molecular complexity index is 445. The van der Waals surface area contributed by atoms with Crippen molar-refractivity contribution in [3.63, 3.8) is 0 Å². The van der Waals surface area contributed by atoms with E-state index in [4.69, 9.17) is 5.11 Å². The standard InChI is InChI=1S/C11H15N3O3S/c1-7-4-8(2)13-11(12-7)18-6-9(15)14(3)5-10(16)17/h4H,5-6H2,1-3H3,(H,16,17). The molecular weight excluding hydrogens is 254 g/mol. The molecule has 0 saturated heterocycles. The Hall–Kier alpha value is -1.63. The Morgan fingerprint density at radius 3 is 2.39 bits per heavy atom. The van der Waals surface area contributed by atoms with Crippen molar-refractivity contribution in [1.29, 1.82) is 0 Å². The molecule has 1 aromatic rings. The molecule has 1 heterocycles. The van der Waals surface area contributed by atoms with E-state index in [2.05, 4.69) is 9.97 Å². The molecule has 0 bridgehead atoms. The minimum Gasteiger partial charge on any atom is -0.480 e. The first-order chi connectivity index (χ1) is 8.38. The van der Waals surface area contributed by atoms with Crippen molar-refractivity contribution in [2.24, 2.45) is 0 Å². The van der Waals surface area contributed by atoms with Crippen molar-refractivity contribution in [2.75, 3.05) is 19.3 Å². The summed E-state index contributed by atoms with van der Waals surface area (Å²) in [4.78, 5) is 31.6. The highest BCUT2D eigenvalue weighted by Crippen LogP contribution is 2.14. The van der Waals surface area contributed by atoms with Crippen molar-refractivity contribution in [1.82, 2.24) is 14.9 Å². The van der Waals surface area contributed by atoms with E-state index < -0.39 is 5.97 Å². The molecule has 18 heavy (non-hydrogen) atoms. The van der Waals surface area contributed by atoms with E-state index in [9.17, 15) is 9.59 Å². The molecule has 0 atom stereocenters. The van der Waals surface area contributed by atoms with Crippen LogP contribution in [0.2, 0.25) is 0 Å². The molecule has 0 aromatic carbocycles. The second-order valence-electron chi connectivity index (χ2n) is 3.87. The van der Waals surface area contributed by atoms with Crippen LogP contribution in [0.25, 0.3) is 0 Å². The zero-order chi connectivity index (χ0) is 13.7. The second kappa shape index (κ2) is 6.34. The van der Waals surface area contributed by atoms with Crippen LogP contribution >= 0.6 is 11.8 Å². The number of likely N-dealkylation sites (N-methyl/N-ethyl adjacent to an activating group) is 1. The largest absolute Gasteiger partial charge is 0.480 e.